The van der Waals surface area contributed by atoms with Crippen LogP contribution in [0.4, 0.5) is 5.69 Å². The van der Waals surface area contributed by atoms with Crippen molar-refractivity contribution < 1.29 is 9.90 Å². The molecular weight excluding hydrogens is 364 g/mol. The van der Waals surface area contributed by atoms with E-state index in [4.69, 9.17) is 11.5 Å². The number of rotatable bonds is 3. The maximum Gasteiger partial charge on any atom is 0.254 e. The highest BCUT2D eigenvalue weighted by atomic mass is 32.1. The zero-order chi connectivity index (χ0) is 19.3. The molecule has 9 heteroatoms. The van der Waals surface area contributed by atoms with E-state index in [9.17, 15) is 9.90 Å². The minimum atomic E-state index is -0.701. The van der Waals surface area contributed by atoms with Gasteiger partial charge in [0.05, 0.1) is 5.69 Å². The monoisotopic (exact) mass is 380 g/mol. The van der Waals surface area contributed by atoms with Crippen molar-refractivity contribution >= 4 is 28.6 Å². The average Bonchev–Trinajstić information content (AvgIpc) is 3.27. The van der Waals surface area contributed by atoms with Crippen molar-refractivity contribution in [3.05, 3.63) is 46.6 Å². The van der Waals surface area contributed by atoms with E-state index in [-0.39, 0.29) is 22.6 Å². The summed E-state index contributed by atoms with van der Waals surface area (Å²) in [6, 6.07) is 3.40. The summed E-state index contributed by atoms with van der Waals surface area (Å²) < 4.78 is 1.48. The summed E-state index contributed by atoms with van der Waals surface area (Å²) in [5.41, 5.74) is 15.3. The fourth-order valence-electron chi connectivity index (χ4n) is 3.15. The topological polar surface area (TPSA) is 132 Å². The number of aromatic nitrogens is 4. The lowest BCUT2D eigenvalue weighted by Crippen LogP contribution is -2.16. The second-order valence-electron chi connectivity index (χ2n) is 6.14. The number of nitrogens with two attached hydrogens (primary N) is 2. The standard InChI is InChI=1S/C18H16N6O2S/c1-8-3-4-11(25)9(2)12(8)10-7-24-17(13(14(10)19)15(20)26)22-16(23-24)18-21-5-6-27-18/h3-7,25H,19H2,1-2H3,(H2,20,26). The van der Waals surface area contributed by atoms with Crippen LogP contribution in [0.3, 0.4) is 0 Å². The van der Waals surface area contributed by atoms with Gasteiger partial charge in [0, 0.05) is 23.3 Å². The molecule has 4 aromatic rings. The molecule has 0 atom stereocenters. The van der Waals surface area contributed by atoms with E-state index in [1.165, 1.54) is 15.9 Å². The van der Waals surface area contributed by atoms with E-state index < -0.39 is 5.91 Å². The average molecular weight is 380 g/mol. The summed E-state index contributed by atoms with van der Waals surface area (Å²) in [5, 5.41) is 17.0. The molecule has 3 heterocycles. The summed E-state index contributed by atoms with van der Waals surface area (Å²) in [6.07, 6.45) is 3.34. The Hall–Kier alpha value is -3.46. The van der Waals surface area contributed by atoms with Crippen LogP contribution in [0.25, 0.3) is 27.6 Å². The second kappa shape index (κ2) is 6.06. The second-order valence-corrected chi connectivity index (χ2v) is 7.03. The van der Waals surface area contributed by atoms with Crippen LogP contribution >= 0.6 is 11.3 Å². The van der Waals surface area contributed by atoms with Crippen molar-refractivity contribution in [2.45, 2.75) is 13.8 Å². The molecule has 3 aromatic heterocycles. The molecule has 0 aliphatic carbocycles. The Labute approximate surface area is 158 Å². The van der Waals surface area contributed by atoms with Crippen molar-refractivity contribution in [3.63, 3.8) is 0 Å². The maximum absolute atomic E-state index is 12.2. The van der Waals surface area contributed by atoms with Crippen molar-refractivity contribution in [1.29, 1.82) is 0 Å². The Morgan fingerprint density at radius 2 is 2.07 bits per heavy atom. The molecule has 0 bridgehead atoms. The minimum Gasteiger partial charge on any atom is -0.508 e. The van der Waals surface area contributed by atoms with E-state index in [2.05, 4.69) is 15.1 Å². The highest BCUT2D eigenvalue weighted by Gasteiger charge is 2.23. The largest absolute Gasteiger partial charge is 0.508 e. The van der Waals surface area contributed by atoms with Gasteiger partial charge in [-0.25, -0.2) is 14.5 Å². The number of primary amides is 1. The lowest BCUT2D eigenvalue weighted by molar-refractivity contribution is 0.100. The van der Waals surface area contributed by atoms with Crippen LogP contribution in [0.2, 0.25) is 0 Å². The van der Waals surface area contributed by atoms with Crippen LogP contribution in [-0.2, 0) is 0 Å². The molecule has 136 valence electrons. The maximum atomic E-state index is 12.2. The third kappa shape index (κ3) is 2.59. The molecule has 0 spiro atoms. The molecule has 0 unspecified atom stereocenters. The SMILES string of the molecule is Cc1ccc(O)c(C)c1-c1cn2nc(-c3nccs3)nc2c(C(N)=O)c1N. The number of hydrogen-bond acceptors (Lipinski definition) is 7. The summed E-state index contributed by atoms with van der Waals surface area (Å²) in [5.74, 6) is -0.181. The Morgan fingerprint density at radius 3 is 2.74 bits per heavy atom. The summed E-state index contributed by atoms with van der Waals surface area (Å²) >= 11 is 1.39. The number of carbonyl (C=O) groups is 1. The molecular formula is C18H16N6O2S. The van der Waals surface area contributed by atoms with Gasteiger partial charge in [-0.3, -0.25) is 4.79 Å². The van der Waals surface area contributed by atoms with Gasteiger partial charge >= 0.3 is 0 Å². The number of phenols is 1. The molecule has 27 heavy (non-hydrogen) atoms. The highest BCUT2D eigenvalue weighted by Crippen LogP contribution is 2.38. The number of anilines is 1. The fraction of sp³-hybridized carbons (Fsp3) is 0.111. The van der Waals surface area contributed by atoms with Crippen LogP contribution < -0.4 is 11.5 Å². The Bertz CT molecular complexity index is 1200. The molecule has 5 N–H and O–H groups in total. The smallest absolute Gasteiger partial charge is 0.254 e. The first-order valence-corrected chi connectivity index (χ1v) is 8.94. The van der Waals surface area contributed by atoms with Gasteiger partial charge in [0.2, 0.25) is 5.82 Å². The van der Waals surface area contributed by atoms with Gasteiger partial charge in [0.1, 0.15) is 11.3 Å². The predicted molar refractivity (Wildman–Crippen MR) is 104 cm³/mol. The van der Waals surface area contributed by atoms with Gasteiger partial charge in [-0.15, -0.1) is 16.4 Å². The van der Waals surface area contributed by atoms with Crippen molar-refractivity contribution in [2.75, 3.05) is 5.73 Å². The number of aromatic hydroxyl groups is 1. The van der Waals surface area contributed by atoms with Crippen LogP contribution in [0.1, 0.15) is 21.5 Å². The van der Waals surface area contributed by atoms with E-state index in [1.54, 1.807) is 31.5 Å². The number of amides is 1. The first-order valence-electron chi connectivity index (χ1n) is 8.06. The number of benzene rings is 1. The Kier molecular flexibility index (Phi) is 3.81. The van der Waals surface area contributed by atoms with Crippen LogP contribution in [0, 0.1) is 13.8 Å². The number of pyridine rings is 1. The third-order valence-corrected chi connectivity index (χ3v) is 5.22. The minimum absolute atomic E-state index is 0.0879. The number of thiazole rings is 1. The molecule has 0 fully saturated rings. The molecule has 8 nitrogen and oxygen atoms in total. The number of hydrogen-bond donors (Lipinski definition) is 3. The van der Waals surface area contributed by atoms with Crippen LogP contribution in [-0.4, -0.2) is 30.6 Å². The van der Waals surface area contributed by atoms with Crippen molar-refractivity contribution in [2.24, 2.45) is 5.73 Å². The fourth-order valence-corrected chi connectivity index (χ4v) is 3.71. The quantitative estimate of drug-likeness (QED) is 0.500. The number of nitrogens with zero attached hydrogens (tertiary/aromatic N) is 4. The normalized spacial score (nSPS) is 11.2. The van der Waals surface area contributed by atoms with Gasteiger partial charge in [-0.2, -0.15) is 0 Å². The molecule has 0 aliphatic heterocycles. The van der Waals surface area contributed by atoms with Gasteiger partial charge in [0.25, 0.3) is 5.91 Å². The van der Waals surface area contributed by atoms with E-state index >= 15 is 0 Å². The lowest BCUT2D eigenvalue weighted by atomic mass is 9.93. The molecule has 0 aliphatic rings. The summed E-state index contributed by atoms with van der Waals surface area (Å²) in [6.45, 7) is 3.69. The van der Waals surface area contributed by atoms with E-state index in [0.29, 0.717) is 22.0 Å². The number of carbonyl (C=O) groups excluding carboxylic acids is 1. The Morgan fingerprint density at radius 1 is 1.30 bits per heavy atom. The van der Waals surface area contributed by atoms with E-state index in [1.807, 2.05) is 12.3 Å². The highest BCUT2D eigenvalue weighted by molar-refractivity contribution is 7.13. The number of fused-ring (bicyclic) bond motifs is 1. The molecule has 1 aromatic carbocycles. The zero-order valence-electron chi connectivity index (χ0n) is 14.6. The third-order valence-electron chi connectivity index (χ3n) is 4.45. The first-order chi connectivity index (χ1) is 12.9. The first kappa shape index (κ1) is 17.0. The lowest BCUT2D eigenvalue weighted by Gasteiger charge is -2.15. The van der Waals surface area contributed by atoms with Crippen LogP contribution in [0.15, 0.2) is 29.9 Å². The van der Waals surface area contributed by atoms with Crippen molar-refractivity contribution in [3.8, 4) is 27.7 Å². The molecule has 4 rings (SSSR count). The molecule has 0 saturated heterocycles. The van der Waals surface area contributed by atoms with Gasteiger partial charge in [-0.1, -0.05) is 6.07 Å². The van der Waals surface area contributed by atoms with Crippen molar-refractivity contribution in [1.82, 2.24) is 19.6 Å². The van der Waals surface area contributed by atoms with Gasteiger partial charge in [0.15, 0.2) is 10.7 Å². The molecule has 0 radical (unpaired) electrons. The number of nitrogen functional groups attached to an aromatic ring is 1. The van der Waals surface area contributed by atoms with Gasteiger partial charge in [-0.05, 0) is 36.6 Å². The number of aryl methyl sites for hydroxylation is 1. The molecule has 0 saturated carbocycles. The van der Waals surface area contributed by atoms with Crippen LogP contribution in [0.5, 0.6) is 5.75 Å². The van der Waals surface area contributed by atoms with Gasteiger partial charge < -0.3 is 16.6 Å². The molecule has 1 amide bonds. The predicted octanol–water partition coefficient (Wildman–Crippen LogP) is 2.52. The summed E-state index contributed by atoms with van der Waals surface area (Å²) in [4.78, 5) is 20.8. The van der Waals surface area contributed by atoms with E-state index in [0.717, 1.165) is 11.1 Å². The Balaban J connectivity index is 2.08. The zero-order valence-corrected chi connectivity index (χ0v) is 15.4. The summed E-state index contributed by atoms with van der Waals surface area (Å²) in [7, 11) is 0. The number of phenolic OH excluding ortho intramolecular Hbond substituents is 1.